The molecule has 0 aromatic heterocycles. The monoisotopic (exact) mass is 192 g/mol. The zero-order chi connectivity index (χ0) is 10.1. The molecular formula is C11H16N2O. The number of benzene rings is 1. The van der Waals surface area contributed by atoms with E-state index in [0.29, 0.717) is 12.7 Å². The Kier molecular flexibility index (Phi) is 2.33. The highest BCUT2D eigenvalue weighted by molar-refractivity contribution is 5.76. The molecule has 0 amide bonds. The fourth-order valence-electron chi connectivity index (χ4n) is 2.03. The Morgan fingerprint density at radius 2 is 1.93 bits per heavy atom. The molecule has 1 unspecified atom stereocenters. The zero-order valence-corrected chi connectivity index (χ0v) is 8.64. The molecular weight excluding hydrogens is 176 g/mol. The SMILES string of the molecule is CC1N(C)c2ccccc2N1CCO. The first-order valence-electron chi connectivity index (χ1n) is 4.95. The molecule has 1 aromatic carbocycles. The van der Waals surface area contributed by atoms with Gasteiger partial charge in [-0.05, 0) is 19.1 Å². The Labute approximate surface area is 84.6 Å². The molecule has 1 atom stereocenters. The predicted octanol–water partition coefficient (Wildman–Crippen LogP) is 1.28. The lowest BCUT2D eigenvalue weighted by Crippen LogP contribution is -2.40. The highest BCUT2D eigenvalue weighted by Gasteiger charge is 2.28. The van der Waals surface area contributed by atoms with Crippen molar-refractivity contribution < 1.29 is 5.11 Å². The summed E-state index contributed by atoms with van der Waals surface area (Å²) in [6.45, 7) is 3.05. The predicted molar refractivity (Wildman–Crippen MR) is 58.7 cm³/mol. The number of aliphatic hydroxyl groups excluding tert-OH is 1. The van der Waals surface area contributed by atoms with Gasteiger partial charge in [-0.1, -0.05) is 12.1 Å². The largest absolute Gasteiger partial charge is 0.395 e. The number of β-amino-alcohol motifs (C(OH)–C–C–N with tert-alkyl or cyclic N) is 1. The second-order valence-corrected chi connectivity index (χ2v) is 3.65. The first-order valence-corrected chi connectivity index (χ1v) is 4.95. The van der Waals surface area contributed by atoms with Crippen LogP contribution in [0.25, 0.3) is 0 Å². The minimum absolute atomic E-state index is 0.201. The summed E-state index contributed by atoms with van der Waals surface area (Å²) in [6, 6.07) is 8.30. The van der Waals surface area contributed by atoms with E-state index in [0.717, 1.165) is 0 Å². The van der Waals surface area contributed by atoms with Crippen molar-refractivity contribution in [2.45, 2.75) is 13.1 Å². The molecule has 76 valence electrons. The third-order valence-electron chi connectivity index (χ3n) is 2.92. The van der Waals surface area contributed by atoms with E-state index in [9.17, 15) is 0 Å². The minimum Gasteiger partial charge on any atom is -0.395 e. The molecule has 3 nitrogen and oxygen atoms in total. The molecule has 0 spiro atoms. The molecule has 1 heterocycles. The molecule has 2 rings (SSSR count). The molecule has 1 aliphatic heterocycles. The van der Waals surface area contributed by atoms with E-state index in [4.69, 9.17) is 5.11 Å². The summed E-state index contributed by atoms with van der Waals surface area (Å²) in [6.07, 6.45) is 0.333. The Morgan fingerprint density at radius 1 is 1.29 bits per heavy atom. The summed E-state index contributed by atoms with van der Waals surface area (Å²) in [5.74, 6) is 0. The smallest absolute Gasteiger partial charge is 0.0986 e. The number of rotatable bonds is 2. The normalized spacial score (nSPS) is 20.1. The number of anilines is 2. The maximum absolute atomic E-state index is 9.00. The molecule has 0 radical (unpaired) electrons. The number of fused-ring (bicyclic) bond motifs is 1. The van der Waals surface area contributed by atoms with Gasteiger partial charge in [-0.25, -0.2) is 0 Å². The average molecular weight is 192 g/mol. The van der Waals surface area contributed by atoms with E-state index in [1.54, 1.807) is 0 Å². The summed E-state index contributed by atoms with van der Waals surface area (Å²) in [5, 5.41) is 9.00. The summed E-state index contributed by atoms with van der Waals surface area (Å²) < 4.78 is 0. The van der Waals surface area contributed by atoms with Crippen molar-refractivity contribution in [3.8, 4) is 0 Å². The molecule has 0 saturated carbocycles. The van der Waals surface area contributed by atoms with Crippen LogP contribution in [0.2, 0.25) is 0 Å². The highest BCUT2D eigenvalue weighted by Crippen LogP contribution is 2.37. The lowest BCUT2D eigenvalue weighted by Gasteiger charge is -2.26. The first kappa shape index (κ1) is 9.34. The Balaban J connectivity index is 2.37. The van der Waals surface area contributed by atoms with Crippen LogP contribution >= 0.6 is 0 Å². The second-order valence-electron chi connectivity index (χ2n) is 3.65. The average Bonchev–Trinajstić information content (AvgIpc) is 2.45. The summed E-state index contributed by atoms with van der Waals surface area (Å²) in [5.41, 5.74) is 2.46. The lowest BCUT2D eigenvalue weighted by molar-refractivity contribution is 0.299. The van der Waals surface area contributed by atoms with Crippen LogP contribution in [0.4, 0.5) is 11.4 Å². The van der Waals surface area contributed by atoms with Gasteiger partial charge < -0.3 is 14.9 Å². The number of aliphatic hydroxyl groups is 1. The molecule has 1 aromatic rings. The van der Waals surface area contributed by atoms with Gasteiger partial charge in [0.2, 0.25) is 0 Å². The number of hydrogen-bond acceptors (Lipinski definition) is 3. The molecule has 0 aliphatic carbocycles. The number of nitrogens with zero attached hydrogens (tertiary/aromatic N) is 2. The van der Waals surface area contributed by atoms with Crippen LogP contribution in [0, 0.1) is 0 Å². The molecule has 0 bridgehead atoms. The van der Waals surface area contributed by atoms with Gasteiger partial charge in [0.15, 0.2) is 0 Å². The standard InChI is InChI=1S/C11H16N2O/c1-9-12(2)10-5-3-4-6-11(10)13(9)7-8-14/h3-6,9,14H,7-8H2,1-2H3. The third-order valence-corrected chi connectivity index (χ3v) is 2.92. The quantitative estimate of drug-likeness (QED) is 0.764. The second kappa shape index (κ2) is 3.50. The van der Waals surface area contributed by atoms with E-state index in [2.05, 4.69) is 35.9 Å². The van der Waals surface area contributed by atoms with Crippen molar-refractivity contribution >= 4 is 11.4 Å². The summed E-state index contributed by atoms with van der Waals surface area (Å²) in [4.78, 5) is 4.44. The van der Waals surface area contributed by atoms with Crippen LogP contribution < -0.4 is 9.80 Å². The van der Waals surface area contributed by atoms with Crippen molar-refractivity contribution in [3.63, 3.8) is 0 Å². The van der Waals surface area contributed by atoms with Crippen LogP contribution in [-0.2, 0) is 0 Å². The van der Waals surface area contributed by atoms with Gasteiger partial charge in [0.25, 0.3) is 0 Å². The van der Waals surface area contributed by atoms with Gasteiger partial charge in [-0.2, -0.15) is 0 Å². The van der Waals surface area contributed by atoms with Gasteiger partial charge in [0.1, 0.15) is 0 Å². The topological polar surface area (TPSA) is 26.7 Å². The van der Waals surface area contributed by atoms with Gasteiger partial charge in [0, 0.05) is 13.6 Å². The van der Waals surface area contributed by atoms with Gasteiger partial charge >= 0.3 is 0 Å². The Bertz CT molecular complexity index is 327. The van der Waals surface area contributed by atoms with Gasteiger partial charge in [0.05, 0.1) is 24.1 Å². The third kappa shape index (κ3) is 1.24. The van der Waals surface area contributed by atoms with Crippen molar-refractivity contribution in [2.75, 3.05) is 30.0 Å². The van der Waals surface area contributed by atoms with Gasteiger partial charge in [-0.15, -0.1) is 0 Å². The van der Waals surface area contributed by atoms with Crippen molar-refractivity contribution in [1.29, 1.82) is 0 Å². The van der Waals surface area contributed by atoms with Crippen molar-refractivity contribution in [2.24, 2.45) is 0 Å². The summed E-state index contributed by atoms with van der Waals surface area (Å²) in [7, 11) is 2.08. The van der Waals surface area contributed by atoms with Crippen LogP contribution in [0.3, 0.4) is 0 Å². The Morgan fingerprint density at radius 3 is 2.57 bits per heavy atom. The molecule has 1 aliphatic rings. The van der Waals surface area contributed by atoms with Crippen molar-refractivity contribution in [3.05, 3.63) is 24.3 Å². The lowest BCUT2D eigenvalue weighted by atomic mass is 10.2. The first-order chi connectivity index (χ1) is 6.75. The maximum Gasteiger partial charge on any atom is 0.0986 e. The van der Waals surface area contributed by atoms with Gasteiger partial charge in [-0.3, -0.25) is 0 Å². The fourth-order valence-corrected chi connectivity index (χ4v) is 2.03. The molecule has 14 heavy (non-hydrogen) atoms. The van der Waals surface area contributed by atoms with Crippen LogP contribution in [-0.4, -0.2) is 31.5 Å². The van der Waals surface area contributed by atoms with E-state index in [-0.39, 0.29) is 6.61 Å². The minimum atomic E-state index is 0.201. The summed E-state index contributed by atoms with van der Waals surface area (Å²) >= 11 is 0. The van der Waals surface area contributed by atoms with E-state index < -0.39 is 0 Å². The van der Waals surface area contributed by atoms with Crippen molar-refractivity contribution in [1.82, 2.24) is 0 Å². The van der Waals surface area contributed by atoms with E-state index in [1.165, 1.54) is 11.4 Å². The van der Waals surface area contributed by atoms with Crippen LogP contribution in [0.15, 0.2) is 24.3 Å². The van der Waals surface area contributed by atoms with Crippen LogP contribution in [0.5, 0.6) is 0 Å². The maximum atomic E-state index is 9.00. The molecule has 1 N–H and O–H groups in total. The zero-order valence-electron chi connectivity index (χ0n) is 8.64. The fraction of sp³-hybridized carbons (Fsp3) is 0.455. The van der Waals surface area contributed by atoms with Crippen LogP contribution in [0.1, 0.15) is 6.92 Å². The Hall–Kier alpha value is -1.22. The molecule has 0 saturated heterocycles. The number of para-hydroxylation sites is 2. The molecule has 0 fully saturated rings. The molecule has 3 heteroatoms. The number of hydrogen-bond donors (Lipinski definition) is 1. The van der Waals surface area contributed by atoms with E-state index in [1.807, 2.05) is 12.1 Å². The van der Waals surface area contributed by atoms with E-state index >= 15 is 0 Å². The highest BCUT2D eigenvalue weighted by atomic mass is 16.3.